The largest absolute Gasteiger partial charge is 0.505 e. The number of aliphatic hydroxyl groups is 1. The molecule has 5 rings (SSSR count). The first-order valence-corrected chi connectivity index (χ1v) is 12.8. The van der Waals surface area contributed by atoms with Crippen molar-refractivity contribution in [3.63, 3.8) is 0 Å². The summed E-state index contributed by atoms with van der Waals surface area (Å²) in [6.07, 6.45) is 6.53. The number of phenolic OH excluding ortho intramolecular Hbond substituents is 1. The standard InChI is InChI=1S/C27H29Cl2N3O3/c1-30-14-27(35)8-6-18(7-9-27)32-24-19-10-16(17-11-21(28)26(34)22(29)12-17)4-5-23(19)31-13-20(24)25(33)15-2-3-15/h4-5,10-13,15,18,30,34-35H,2-3,6-9,14H2,1H3,(H,31,32). The zero-order valence-electron chi connectivity index (χ0n) is 19.6. The number of anilines is 1. The van der Waals surface area contributed by atoms with Crippen LogP contribution >= 0.6 is 23.2 Å². The summed E-state index contributed by atoms with van der Waals surface area (Å²) in [5, 5.41) is 28.7. The van der Waals surface area contributed by atoms with Gasteiger partial charge in [-0.05, 0) is 81.0 Å². The summed E-state index contributed by atoms with van der Waals surface area (Å²) in [4.78, 5) is 17.8. The van der Waals surface area contributed by atoms with Crippen molar-refractivity contribution in [1.29, 1.82) is 0 Å². The lowest BCUT2D eigenvalue weighted by Gasteiger charge is -2.37. The monoisotopic (exact) mass is 513 g/mol. The van der Waals surface area contributed by atoms with Crippen molar-refractivity contribution >= 4 is 45.6 Å². The summed E-state index contributed by atoms with van der Waals surface area (Å²) >= 11 is 12.3. The zero-order valence-corrected chi connectivity index (χ0v) is 21.1. The second kappa shape index (κ2) is 9.58. The molecule has 1 heterocycles. The van der Waals surface area contributed by atoms with E-state index in [0.29, 0.717) is 24.9 Å². The van der Waals surface area contributed by atoms with Crippen molar-refractivity contribution in [3.8, 4) is 16.9 Å². The van der Waals surface area contributed by atoms with Gasteiger partial charge in [-0.2, -0.15) is 0 Å². The number of nitrogens with one attached hydrogen (secondary N) is 2. The van der Waals surface area contributed by atoms with E-state index >= 15 is 0 Å². The van der Waals surface area contributed by atoms with Crippen molar-refractivity contribution < 1.29 is 15.0 Å². The molecule has 6 nitrogen and oxygen atoms in total. The third-order valence-corrected chi connectivity index (χ3v) is 7.78. The first kappa shape index (κ1) is 24.3. The molecule has 3 aromatic rings. The van der Waals surface area contributed by atoms with E-state index < -0.39 is 5.60 Å². The Morgan fingerprint density at radius 3 is 2.40 bits per heavy atom. The van der Waals surface area contributed by atoms with Crippen LogP contribution in [0.25, 0.3) is 22.0 Å². The smallest absolute Gasteiger partial charge is 0.169 e. The van der Waals surface area contributed by atoms with E-state index in [1.165, 1.54) is 0 Å². The molecular weight excluding hydrogens is 485 g/mol. The Morgan fingerprint density at radius 2 is 1.77 bits per heavy atom. The van der Waals surface area contributed by atoms with E-state index in [4.69, 9.17) is 23.2 Å². The molecule has 0 amide bonds. The topological polar surface area (TPSA) is 94.5 Å². The maximum absolute atomic E-state index is 13.2. The van der Waals surface area contributed by atoms with Gasteiger partial charge in [0, 0.05) is 30.1 Å². The molecule has 184 valence electrons. The Morgan fingerprint density at radius 1 is 1.09 bits per heavy atom. The van der Waals surface area contributed by atoms with E-state index in [1.54, 1.807) is 18.3 Å². The van der Waals surface area contributed by atoms with Crippen LogP contribution in [0.3, 0.4) is 0 Å². The highest BCUT2D eigenvalue weighted by Gasteiger charge is 2.35. The van der Waals surface area contributed by atoms with Gasteiger partial charge >= 0.3 is 0 Å². The number of nitrogens with zero attached hydrogens (tertiary/aromatic N) is 1. The molecule has 0 unspecified atom stereocenters. The van der Waals surface area contributed by atoms with Crippen molar-refractivity contribution in [2.45, 2.75) is 50.2 Å². The van der Waals surface area contributed by atoms with Crippen molar-refractivity contribution in [2.75, 3.05) is 18.9 Å². The number of halogens is 2. The van der Waals surface area contributed by atoms with Crippen LogP contribution in [0.5, 0.6) is 5.75 Å². The fourth-order valence-electron chi connectivity index (χ4n) is 5.02. The Labute approximate surface area is 214 Å². The molecule has 4 N–H and O–H groups in total. The first-order valence-electron chi connectivity index (χ1n) is 12.1. The van der Waals surface area contributed by atoms with Crippen LogP contribution in [0, 0.1) is 5.92 Å². The van der Waals surface area contributed by atoms with Crippen LogP contribution in [0.2, 0.25) is 10.0 Å². The minimum Gasteiger partial charge on any atom is -0.505 e. The number of Topliss-reactive ketones (excluding diaryl/α,β-unsaturated/α-hetero) is 1. The van der Waals surface area contributed by atoms with Crippen molar-refractivity contribution in [2.24, 2.45) is 5.92 Å². The molecule has 0 bridgehead atoms. The minimum absolute atomic E-state index is 0.0692. The van der Waals surface area contributed by atoms with E-state index in [-0.39, 0.29) is 33.5 Å². The number of phenols is 1. The maximum Gasteiger partial charge on any atom is 0.169 e. The van der Waals surface area contributed by atoms with Gasteiger partial charge in [0.15, 0.2) is 11.5 Å². The quantitative estimate of drug-likeness (QED) is 0.297. The lowest BCUT2D eigenvalue weighted by atomic mass is 9.82. The summed E-state index contributed by atoms with van der Waals surface area (Å²) < 4.78 is 0. The third-order valence-electron chi connectivity index (χ3n) is 7.20. The summed E-state index contributed by atoms with van der Waals surface area (Å²) in [5.41, 5.74) is 3.13. The number of carbonyl (C=O) groups is 1. The summed E-state index contributed by atoms with van der Waals surface area (Å²) in [7, 11) is 1.85. The van der Waals surface area contributed by atoms with Gasteiger partial charge < -0.3 is 20.8 Å². The first-order chi connectivity index (χ1) is 16.8. The Balaban J connectivity index is 1.55. The summed E-state index contributed by atoms with van der Waals surface area (Å²) in [6, 6.07) is 9.33. The number of rotatable bonds is 7. The number of ketones is 1. The third kappa shape index (κ3) is 4.98. The summed E-state index contributed by atoms with van der Waals surface area (Å²) in [6.45, 7) is 0.574. The second-order valence-corrected chi connectivity index (χ2v) is 10.7. The molecule has 2 fully saturated rings. The Hall–Kier alpha value is -2.38. The van der Waals surface area contributed by atoms with E-state index in [1.807, 2.05) is 25.2 Å². The van der Waals surface area contributed by atoms with Gasteiger partial charge in [-0.25, -0.2) is 0 Å². The molecule has 35 heavy (non-hydrogen) atoms. The average Bonchev–Trinajstić information content (AvgIpc) is 3.69. The minimum atomic E-state index is -0.690. The number of likely N-dealkylation sites (N-methyl/N-ethyl adjacent to an activating group) is 1. The molecule has 1 aromatic heterocycles. The lowest BCUT2D eigenvalue weighted by Crippen LogP contribution is -2.44. The average molecular weight is 514 g/mol. The van der Waals surface area contributed by atoms with Crippen molar-refractivity contribution in [3.05, 3.63) is 52.1 Å². The van der Waals surface area contributed by atoms with E-state index in [9.17, 15) is 15.0 Å². The molecular formula is C27H29Cl2N3O3. The predicted octanol–water partition coefficient (Wildman–Crippen LogP) is 5.81. The van der Waals surface area contributed by atoms with Crippen LogP contribution < -0.4 is 10.6 Å². The molecule has 0 spiro atoms. The van der Waals surface area contributed by atoms with E-state index in [0.717, 1.165) is 53.4 Å². The molecule has 0 saturated heterocycles. The predicted molar refractivity (Wildman–Crippen MR) is 141 cm³/mol. The Kier molecular flexibility index (Phi) is 6.66. The van der Waals surface area contributed by atoms with Gasteiger partial charge in [0.25, 0.3) is 0 Å². The molecule has 2 aromatic carbocycles. The van der Waals surface area contributed by atoms with Crippen LogP contribution in [-0.2, 0) is 0 Å². The fourth-order valence-corrected chi connectivity index (χ4v) is 5.51. The van der Waals surface area contributed by atoms with Gasteiger partial charge in [0.2, 0.25) is 0 Å². The number of pyridine rings is 1. The molecule has 0 aliphatic heterocycles. The van der Waals surface area contributed by atoms with Crippen LogP contribution in [0.4, 0.5) is 5.69 Å². The van der Waals surface area contributed by atoms with Crippen LogP contribution in [-0.4, -0.2) is 46.2 Å². The Bertz CT molecular complexity index is 1260. The van der Waals surface area contributed by atoms with Crippen molar-refractivity contribution in [1.82, 2.24) is 10.3 Å². The molecule has 2 aliphatic carbocycles. The number of benzene rings is 2. The van der Waals surface area contributed by atoms with Gasteiger partial charge in [0.05, 0.1) is 32.4 Å². The highest BCUT2D eigenvalue weighted by atomic mass is 35.5. The number of hydrogen-bond acceptors (Lipinski definition) is 6. The van der Waals surface area contributed by atoms with Gasteiger partial charge in [-0.15, -0.1) is 0 Å². The zero-order chi connectivity index (χ0) is 24.7. The van der Waals surface area contributed by atoms with Gasteiger partial charge in [0.1, 0.15) is 0 Å². The van der Waals surface area contributed by atoms with E-state index in [2.05, 4.69) is 15.6 Å². The second-order valence-electron chi connectivity index (χ2n) is 9.88. The molecule has 2 saturated carbocycles. The highest BCUT2D eigenvalue weighted by Crippen LogP contribution is 2.41. The normalized spacial score (nSPS) is 22.3. The molecule has 0 atom stereocenters. The summed E-state index contributed by atoms with van der Waals surface area (Å²) in [5.74, 6) is 0.0556. The number of hydrogen-bond donors (Lipinski definition) is 4. The fraction of sp³-hybridized carbons (Fsp3) is 0.407. The number of fused-ring (bicyclic) bond motifs is 1. The molecule has 8 heteroatoms. The van der Waals surface area contributed by atoms with Gasteiger partial charge in [-0.1, -0.05) is 29.3 Å². The highest BCUT2D eigenvalue weighted by molar-refractivity contribution is 6.37. The maximum atomic E-state index is 13.2. The number of aromatic hydroxyl groups is 1. The van der Waals surface area contributed by atoms with Crippen LogP contribution in [0.1, 0.15) is 48.9 Å². The molecule has 0 radical (unpaired) electrons. The lowest BCUT2D eigenvalue weighted by molar-refractivity contribution is 0.00394. The number of aromatic nitrogens is 1. The van der Waals surface area contributed by atoms with Crippen LogP contribution in [0.15, 0.2) is 36.5 Å². The molecule has 2 aliphatic rings. The SMILES string of the molecule is CNCC1(O)CCC(Nc2c(C(=O)C3CC3)cnc3ccc(-c4cc(Cl)c(O)c(Cl)c4)cc23)CC1. The van der Waals surface area contributed by atoms with Gasteiger partial charge in [-0.3, -0.25) is 9.78 Å². The number of carbonyl (C=O) groups excluding carboxylic acids is 1.